The maximum absolute atomic E-state index is 14.0. The number of aryl methyl sites for hydroxylation is 2. The van der Waals surface area contributed by atoms with Gasteiger partial charge in [-0.15, -0.1) is 0 Å². The van der Waals surface area contributed by atoms with E-state index in [0.29, 0.717) is 11.3 Å². The molecule has 3 nitrogen and oxygen atoms in total. The summed E-state index contributed by atoms with van der Waals surface area (Å²) in [5.74, 6) is -0.992. The van der Waals surface area contributed by atoms with Crippen molar-refractivity contribution in [3.8, 4) is 0 Å². The van der Waals surface area contributed by atoms with Crippen molar-refractivity contribution in [1.29, 1.82) is 0 Å². The van der Waals surface area contributed by atoms with Gasteiger partial charge in [0.05, 0.1) is 11.6 Å². The average Bonchev–Trinajstić information content (AvgIpc) is 2.43. The number of carbonyl (C=O) groups excluding carboxylic acids is 1. The molecule has 0 fully saturated rings. The van der Waals surface area contributed by atoms with Crippen LogP contribution in [0.1, 0.15) is 40.0 Å². The van der Waals surface area contributed by atoms with E-state index in [2.05, 4.69) is 5.32 Å². The fraction of sp³-hybridized carbons (Fsp3) is 0.235. The minimum atomic E-state index is -0.530. The van der Waals surface area contributed by atoms with Crippen molar-refractivity contribution in [3.05, 3.63) is 64.5 Å². The van der Waals surface area contributed by atoms with Crippen molar-refractivity contribution >= 4 is 11.6 Å². The molecule has 1 atom stereocenters. The summed E-state index contributed by atoms with van der Waals surface area (Å²) in [6.45, 7) is 5.45. The summed E-state index contributed by atoms with van der Waals surface area (Å²) in [5.41, 5.74) is 8.51. The highest BCUT2D eigenvalue weighted by molar-refractivity contribution is 5.95. The number of nitrogens with two attached hydrogens (primary N) is 1. The van der Waals surface area contributed by atoms with Gasteiger partial charge in [0.15, 0.2) is 0 Å². The molecule has 4 heteroatoms. The van der Waals surface area contributed by atoms with Gasteiger partial charge in [-0.05, 0) is 44.0 Å². The van der Waals surface area contributed by atoms with E-state index >= 15 is 0 Å². The first-order valence-corrected chi connectivity index (χ1v) is 6.81. The third-order valence-electron chi connectivity index (χ3n) is 3.45. The monoisotopic (exact) mass is 286 g/mol. The second-order valence-corrected chi connectivity index (χ2v) is 5.31. The van der Waals surface area contributed by atoms with Crippen LogP contribution in [0.25, 0.3) is 0 Å². The summed E-state index contributed by atoms with van der Waals surface area (Å²) in [6.07, 6.45) is 0. The predicted molar refractivity (Wildman–Crippen MR) is 82.6 cm³/mol. The van der Waals surface area contributed by atoms with Crippen molar-refractivity contribution in [1.82, 2.24) is 5.32 Å². The predicted octanol–water partition coefficient (Wildman–Crippen LogP) is 3.52. The van der Waals surface area contributed by atoms with Gasteiger partial charge in [0.1, 0.15) is 5.82 Å². The van der Waals surface area contributed by atoms with Gasteiger partial charge in [0, 0.05) is 5.69 Å². The molecule has 0 aromatic heterocycles. The van der Waals surface area contributed by atoms with Crippen LogP contribution >= 0.6 is 0 Å². The fourth-order valence-corrected chi connectivity index (χ4v) is 2.18. The van der Waals surface area contributed by atoms with Gasteiger partial charge >= 0.3 is 0 Å². The zero-order valence-corrected chi connectivity index (χ0v) is 12.4. The van der Waals surface area contributed by atoms with Crippen LogP contribution in [0, 0.1) is 19.7 Å². The van der Waals surface area contributed by atoms with E-state index in [-0.39, 0.29) is 11.6 Å². The summed E-state index contributed by atoms with van der Waals surface area (Å²) in [5, 5.41) is 2.79. The lowest BCUT2D eigenvalue weighted by Gasteiger charge is -2.15. The van der Waals surface area contributed by atoms with Crippen LogP contribution in [0.5, 0.6) is 0 Å². The Labute approximate surface area is 124 Å². The van der Waals surface area contributed by atoms with Crippen molar-refractivity contribution < 1.29 is 9.18 Å². The van der Waals surface area contributed by atoms with E-state index in [1.807, 2.05) is 38.1 Å². The molecule has 110 valence electrons. The summed E-state index contributed by atoms with van der Waals surface area (Å²) >= 11 is 0. The van der Waals surface area contributed by atoms with Crippen molar-refractivity contribution in [2.45, 2.75) is 26.8 Å². The number of nitrogens with one attached hydrogen (secondary N) is 1. The SMILES string of the molecule is Cc1ccc(C(C)NC(=O)c2cc(N)cc(C)c2F)cc1. The summed E-state index contributed by atoms with van der Waals surface area (Å²) in [4.78, 5) is 12.2. The molecule has 21 heavy (non-hydrogen) atoms. The zero-order valence-electron chi connectivity index (χ0n) is 12.4. The molecule has 0 aliphatic heterocycles. The molecule has 0 radical (unpaired) electrons. The molecule has 1 unspecified atom stereocenters. The largest absolute Gasteiger partial charge is 0.399 e. The van der Waals surface area contributed by atoms with Crippen LogP contribution < -0.4 is 11.1 Å². The van der Waals surface area contributed by atoms with Crippen LogP contribution in [-0.2, 0) is 0 Å². The van der Waals surface area contributed by atoms with Crippen LogP contribution in [0.2, 0.25) is 0 Å². The number of benzene rings is 2. The molecule has 3 N–H and O–H groups in total. The minimum absolute atomic E-state index is 0.0218. The van der Waals surface area contributed by atoms with Crippen LogP contribution in [0.3, 0.4) is 0 Å². The minimum Gasteiger partial charge on any atom is -0.399 e. The molecular formula is C17H19FN2O. The topological polar surface area (TPSA) is 55.1 Å². The highest BCUT2D eigenvalue weighted by Crippen LogP contribution is 2.19. The number of hydrogen-bond donors (Lipinski definition) is 2. The average molecular weight is 286 g/mol. The van der Waals surface area contributed by atoms with E-state index in [9.17, 15) is 9.18 Å². The molecular weight excluding hydrogens is 267 g/mol. The quantitative estimate of drug-likeness (QED) is 0.848. The Morgan fingerprint density at radius 3 is 2.43 bits per heavy atom. The Morgan fingerprint density at radius 2 is 1.81 bits per heavy atom. The van der Waals surface area contributed by atoms with Crippen LogP contribution in [-0.4, -0.2) is 5.91 Å². The Kier molecular flexibility index (Phi) is 4.26. The Hall–Kier alpha value is -2.36. The van der Waals surface area contributed by atoms with E-state index in [4.69, 9.17) is 5.73 Å². The fourth-order valence-electron chi connectivity index (χ4n) is 2.18. The molecule has 0 heterocycles. The molecule has 2 aromatic carbocycles. The van der Waals surface area contributed by atoms with E-state index in [1.165, 1.54) is 12.1 Å². The van der Waals surface area contributed by atoms with Gasteiger partial charge in [-0.25, -0.2) is 4.39 Å². The molecule has 0 bridgehead atoms. The van der Waals surface area contributed by atoms with Gasteiger partial charge in [-0.3, -0.25) is 4.79 Å². The molecule has 0 aliphatic carbocycles. The number of rotatable bonds is 3. The van der Waals surface area contributed by atoms with E-state index in [1.54, 1.807) is 6.92 Å². The van der Waals surface area contributed by atoms with Gasteiger partial charge in [-0.1, -0.05) is 29.8 Å². The lowest BCUT2D eigenvalue weighted by atomic mass is 10.0. The first-order valence-electron chi connectivity index (χ1n) is 6.81. The molecule has 0 spiro atoms. The number of hydrogen-bond acceptors (Lipinski definition) is 2. The van der Waals surface area contributed by atoms with Crippen molar-refractivity contribution in [2.75, 3.05) is 5.73 Å². The van der Waals surface area contributed by atoms with Crippen molar-refractivity contribution in [3.63, 3.8) is 0 Å². The van der Waals surface area contributed by atoms with E-state index < -0.39 is 11.7 Å². The maximum atomic E-state index is 14.0. The number of halogens is 1. The lowest BCUT2D eigenvalue weighted by Crippen LogP contribution is -2.27. The molecule has 1 amide bonds. The van der Waals surface area contributed by atoms with Gasteiger partial charge in [0.25, 0.3) is 5.91 Å². The second kappa shape index (κ2) is 5.95. The molecule has 0 saturated carbocycles. The number of amides is 1. The smallest absolute Gasteiger partial charge is 0.254 e. The van der Waals surface area contributed by atoms with Gasteiger partial charge < -0.3 is 11.1 Å². The Morgan fingerprint density at radius 1 is 1.19 bits per heavy atom. The van der Waals surface area contributed by atoms with Crippen LogP contribution in [0.15, 0.2) is 36.4 Å². The van der Waals surface area contributed by atoms with Gasteiger partial charge in [-0.2, -0.15) is 0 Å². The van der Waals surface area contributed by atoms with Crippen LogP contribution in [0.4, 0.5) is 10.1 Å². The van der Waals surface area contributed by atoms with E-state index in [0.717, 1.165) is 11.1 Å². The third kappa shape index (κ3) is 3.40. The maximum Gasteiger partial charge on any atom is 0.254 e. The molecule has 0 aliphatic rings. The molecule has 2 aromatic rings. The lowest BCUT2D eigenvalue weighted by molar-refractivity contribution is 0.0935. The molecule has 2 rings (SSSR count). The summed E-state index contributed by atoms with van der Waals surface area (Å²) < 4.78 is 14.0. The zero-order chi connectivity index (χ0) is 15.6. The Balaban J connectivity index is 2.20. The Bertz CT molecular complexity index is 665. The van der Waals surface area contributed by atoms with Crippen molar-refractivity contribution in [2.24, 2.45) is 0 Å². The number of carbonyl (C=O) groups is 1. The molecule has 0 saturated heterocycles. The normalized spacial score (nSPS) is 12.0. The summed E-state index contributed by atoms with van der Waals surface area (Å²) in [7, 11) is 0. The summed E-state index contributed by atoms with van der Waals surface area (Å²) in [6, 6.07) is 10.5. The van der Waals surface area contributed by atoms with Gasteiger partial charge in [0.2, 0.25) is 0 Å². The number of nitrogen functional groups attached to an aromatic ring is 1. The first kappa shape index (κ1) is 15.0. The number of anilines is 1. The first-order chi connectivity index (χ1) is 9.88. The highest BCUT2D eigenvalue weighted by atomic mass is 19.1. The highest BCUT2D eigenvalue weighted by Gasteiger charge is 2.17. The third-order valence-corrected chi connectivity index (χ3v) is 3.45. The second-order valence-electron chi connectivity index (χ2n) is 5.31. The standard InChI is InChI=1S/C17H19FN2O/c1-10-4-6-13(7-5-10)12(3)20-17(21)15-9-14(19)8-11(2)16(15)18/h4-9,12H,19H2,1-3H3,(H,20,21).